The Labute approximate surface area is 94.1 Å². The highest BCUT2D eigenvalue weighted by Gasteiger charge is 2.31. The second-order valence-electron chi connectivity index (χ2n) is 3.82. The van der Waals surface area contributed by atoms with Gasteiger partial charge >= 0.3 is 0 Å². The molecule has 0 aromatic heterocycles. The van der Waals surface area contributed by atoms with Crippen molar-refractivity contribution in [3.8, 4) is 5.75 Å². The molecule has 0 saturated carbocycles. The average Bonchev–Trinajstić information content (AvgIpc) is 2.19. The Kier molecular flexibility index (Phi) is 2.87. The molecule has 15 heavy (non-hydrogen) atoms. The molecule has 1 unspecified atom stereocenters. The van der Waals surface area contributed by atoms with Crippen molar-refractivity contribution in [1.82, 2.24) is 0 Å². The van der Waals surface area contributed by atoms with E-state index in [1.54, 1.807) is 0 Å². The van der Waals surface area contributed by atoms with Crippen LogP contribution < -0.4 is 10.5 Å². The molecule has 0 fully saturated rings. The summed E-state index contributed by atoms with van der Waals surface area (Å²) in [6, 6.07) is 5.54. The molecule has 2 rings (SSSR count). The third-order valence-corrected chi connectivity index (χ3v) is 2.71. The summed E-state index contributed by atoms with van der Waals surface area (Å²) in [7, 11) is 0. The molecule has 0 amide bonds. The quantitative estimate of drug-likeness (QED) is 0.843. The van der Waals surface area contributed by atoms with Crippen LogP contribution in [0, 0.1) is 0 Å². The minimum atomic E-state index is -0.602. The number of nitrogens with two attached hydrogens (primary N) is 1. The van der Waals surface area contributed by atoms with E-state index in [1.807, 2.05) is 25.1 Å². The summed E-state index contributed by atoms with van der Waals surface area (Å²) in [6.45, 7) is 2.96. The highest BCUT2D eigenvalue weighted by Crippen LogP contribution is 2.34. The summed E-state index contributed by atoms with van der Waals surface area (Å²) in [5.74, 6) is 0.233. The third kappa shape index (κ3) is 2.25. The van der Waals surface area contributed by atoms with Crippen LogP contribution in [0.3, 0.4) is 0 Å². The van der Waals surface area contributed by atoms with Gasteiger partial charge in [-0.2, -0.15) is 0 Å². The van der Waals surface area contributed by atoms with Crippen LogP contribution in [-0.4, -0.2) is 12.3 Å². The predicted octanol–water partition coefficient (Wildman–Crippen LogP) is 2.31. The number of halogens is 1. The predicted molar refractivity (Wildman–Crippen MR) is 58.9 cm³/mol. The SMILES string of the molecule is CC1(CCN)OCc2cc(Cl)ccc2O1. The molecule has 1 heterocycles. The minimum Gasteiger partial charge on any atom is -0.462 e. The maximum absolute atomic E-state index is 5.88. The Morgan fingerprint density at radius 1 is 1.53 bits per heavy atom. The van der Waals surface area contributed by atoms with Gasteiger partial charge < -0.3 is 15.2 Å². The molecule has 1 aliphatic heterocycles. The first kappa shape index (κ1) is 10.7. The summed E-state index contributed by atoms with van der Waals surface area (Å²) in [5, 5.41) is 0.698. The Bertz CT molecular complexity index is 370. The minimum absolute atomic E-state index is 0.520. The van der Waals surface area contributed by atoms with Gasteiger partial charge in [0.2, 0.25) is 5.79 Å². The number of rotatable bonds is 2. The molecule has 1 aromatic carbocycles. The zero-order valence-corrected chi connectivity index (χ0v) is 9.38. The number of hydrogen-bond donors (Lipinski definition) is 1. The standard InChI is InChI=1S/C11H14ClNO2/c1-11(4-5-13)14-7-8-6-9(12)2-3-10(8)15-11/h2-3,6H,4-5,7,13H2,1H3. The molecule has 82 valence electrons. The molecule has 4 heteroatoms. The van der Waals surface area contributed by atoms with Crippen LogP contribution in [0.4, 0.5) is 0 Å². The maximum Gasteiger partial charge on any atom is 0.209 e. The van der Waals surface area contributed by atoms with Crippen LogP contribution >= 0.6 is 11.6 Å². The summed E-state index contributed by atoms with van der Waals surface area (Å²) in [6.07, 6.45) is 0.676. The number of fused-ring (bicyclic) bond motifs is 1. The van der Waals surface area contributed by atoms with Gasteiger partial charge in [-0.05, 0) is 24.7 Å². The van der Waals surface area contributed by atoms with Crippen molar-refractivity contribution in [3.05, 3.63) is 28.8 Å². The van der Waals surface area contributed by atoms with E-state index in [0.717, 1.165) is 11.3 Å². The van der Waals surface area contributed by atoms with Crippen LogP contribution in [0.15, 0.2) is 18.2 Å². The first-order valence-corrected chi connectivity index (χ1v) is 5.32. The molecule has 0 bridgehead atoms. The fraction of sp³-hybridized carbons (Fsp3) is 0.455. The fourth-order valence-corrected chi connectivity index (χ4v) is 1.83. The van der Waals surface area contributed by atoms with Gasteiger partial charge in [0.1, 0.15) is 5.75 Å². The van der Waals surface area contributed by atoms with E-state index < -0.39 is 5.79 Å². The zero-order chi connectivity index (χ0) is 10.9. The van der Waals surface area contributed by atoms with Gasteiger partial charge in [0.05, 0.1) is 6.61 Å². The number of benzene rings is 1. The summed E-state index contributed by atoms with van der Waals surface area (Å²) >= 11 is 5.88. The van der Waals surface area contributed by atoms with E-state index in [9.17, 15) is 0 Å². The largest absolute Gasteiger partial charge is 0.462 e. The van der Waals surface area contributed by atoms with E-state index in [1.165, 1.54) is 0 Å². The van der Waals surface area contributed by atoms with Gasteiger partial charge in [0.25, 0.3) is 0 Å². The molecular weight excluding hydrogens is 214 g/mol. The molecular formula is C11H14ClNO2. The lowest BCUT2D eigenvalue weighted by Gasteiger charge is -2.35. The monoisotopic (exact) mass is 227 g/mol. The average molecular weight is 228 g/mol. The molecule has 2 N–H and O–H groups in total. The Morgan fingerprint density at radius 3 is 3.07 bits per heavy atom. The van der Waals surface area contributed by atoms with Gasteiger partial charge in [-0.15, -0.1) is 0 Å². The van der Waals surface area contributed by atoms with Crippen LogP contribution in [0.5, 0.6) is 5.75 Å². The van der Waals surface area contributed by atoms with E-state index in [-0.39, 0.29) is 0 Å². The second kappa shape index (κ2) is 4.00. The van der Waals surface area contributed by atoms with Gasteiger partial charge in [-0.3, -0.25) is 0 Å². The smallest absolute Gasteiger partial charge is 0.209 e. The summed E-state index contributed by atoms with van der Waals surface area (Å²) in [5.41, 5.74) is 6.49. The first-order valence-electron chi connectivity index (χ1n) is 4.94. The first-order chi connectivity index (χ1) is 7.13. The Hall–Kier alpha value is -0.770. The van der Waals surface area contributed by atoms with E-state index >= 15 is 0 Å². The molecule has 0 aliphatic carbocycles. The van der Waals surface area contributed by atoms with Gasteiger partial charge in [-0.1, -0.05) is 11.6 Å². The topological polar surface area (TPSA) is 44.5 Å². The Morgan fingerprint density at radius 2 is 2.33 bits per heavy atom. The highest BCUT2D eigenvalue weighted by atomic mass is 35.5. The van der Waals surface area contributed by atoms with Crippen molar-refractivity contribution in [1.29, 1.82) is 0 Å². The normalized spacial score (nSPS) is 24.5. The molecule has 1 aliphatic rings. The van der Waals surface area contributed by atoms with Crippen molar-refractivity contribution >= 4 is 11.6 Å². The van der Waals surface area contributed by atoms with Gasteiger partial charge in [0.15, 0.2) is 0 Å². The molecule has 0 saturated heterocycles. The van der Waals surface area contributed by atoms with Gasteiger partial charge in [-0.25, -0.2) is 0 Å². The van der Waals surface area contributed by atoms with Crippen LogP contribution in [-0.2, 0) is 11.3 Å². The van der Waals surface area contributed by atoms with Crippen molar-refractivity contribution in [3.63, 3.8) is 0 Å². The van der Waals surface area contributed by atoms with Crippen molar-refractivity contribution < 1.29 is 9.47 Å². The van der Waals surface area contributed by atoms with Crippen molar-refractivity contribution in [2.75, 3.05) is 6.54 Å². The summed E-state index contributed by atoms with van der Waals surface area (Å²) < 4.78 is 11.4. The lowest BCUT2D eigenvalue weighted by Crippen LogP contribution is -2.40. The van der Waals surface area contributed by atoms with E-state index in [2.05, 4.69) is 0 Å². The lowest BCUT2D eigenvalue weighted by atomic mass is 10.1. The number of hydrogen-bond acceptors (Lipinski definition) is 3. The molecule has 0 spiro atoms. The summed E-state index contributed by atoms with van der Waals surface area (Å²) in [4.78, 5) is 0. The molecule has 1 aromatic rings. The van der Waals surface area contributed by atoms with Crippen LogP contribution in [0.25, 0.3) is 0 Å². The number of ether oxygens (including phenoxy) is 2. The molecule has 1 atom stereocenters. The van der Waals surface area contributed by atoms with Crippen LogP contribution in [0.1, 0.15) is 18.9 Å². The zero-order valence-electron chi connectivity index (χ0n) is 8.63. The van der Waals surface area contributed by atoms with Crippen molar-refractivity contribution in [2.24, 2.45) is 5.73 Å². The van der Waals surface area contributed by atoms with Gasteiger partial charge in [0, 0.05) is 23.9 Å². The molecule has 3 nitrogen and oxygen atoms in total. The van der Waals surface area contributed by atoms with Crippen molar-refractivity contribution in [2.45, 2.75) is 25.7 Å². The fourth-order valence-electron chi connectivity index (χ4n) is 1.64. The maximum atomic E-state index is 5.88. The highest BCUT2D eigenvalue weighted by molar-refractivity contribution is 6.30. The Balaban J connectivity index is 2.23. The second-order valence-corrected chi connectivity index (χ2v) is 4.25. The van der Waals surface area contributed by atoms with E-state index in [0.29, 0.717) is 24.6 Å². The van der Waals surface area contributed by atoms with E-state index in [4.69, 9.17) is 26.8 Å². The van der Waals surface area contributed by atoms with Crippen LogP contribution in [0.2, 0.25) is 5.02 Å². The third-order valence-electron chi connectivity index (χ3n) is 2.48. The lowest BCUT2D eigenvalue weighted by molar-refractivity contribution is -0.195. The molecule has 0 radical (unpaired) electrons.